The van der Waals surface area contributed by atoms with E-state index in [1.54, 1.807) is 6.20 Å². The number of para-hydroxylation sites is 1. The number of hydrogen-bond donors (Lipinski definition) is 0. The predicted octanol–water partition coefficient (Wildman–Crippen LogP) is 2.83. The number of aromatic nitrogens is 1. The molecule has 128 valence electrons. The molecule has 0 saturated carbocycles. The third-order valence-corrected chi connectivity index (χ3v) is 6.39. The van der Waals surface area contributed by atoms with Gasteiger partial charge in [-0.25, -0.2) is 5.01 Å². The summed E-state index contributed by atoms with van der Waals surface area (Å²) in [6.45, 7) is 0.459. The van der Waals surface area contributed by atoms with Crippen molar-refractivity contribution in [1.82, 2.24) is 9.99 Å². The van der Waals surface area contributed by atoms with Crippen LogP contribution in [0.4, 0.5) is 0 Å². The molecule has 0 aliphatic carbocycles. The molecule has 26 heavy (non-hydrogen) atoms. The highest BCUT2D eigenvalue weighted by Gasteiger charge is 2.37. The minimum Gasteiger partial charge on any atom is -0.267 e. The van der Waals surface area contributed by atoms with Crippen molar-refractivity contribution in [3.8, 4) is 0 Å². The Bertz CT molecular complexity index is 1110. The maximum absolute atomic E-state index is 12.9. The Morgan fingerprint density at radius 1 is 1.12 bits per heavy atom. The summed E-state index contributed by atoms with van der Waals surface area (Å²) in [5, 5.41) is 7.00. The van der Waals surface area contributed by atoms with Gasteiger partial charge < -0.3 is 0 Å². The van der Waals surface area contributed by atoms with Crippen molar-refractivity contribution in [1.29, 1.82) is 0 Å². The van der Waals surface area contributed by atoms with Crippen LogP contribution in [0.1, 0.15) is 15.9 Å². The van der Waals surface area contributed by atoms with Gasteiger partial charge in [0.1, 0.15) is 0 Å². The standard InChI is InChI=1S/C20H15N3O2S/c24-20(14-9-13-5-1-3-7-17(13)21-10-14)23-11-15-12-26(25)18-8-4-2-6-16(18)19(15)22-23/h1-10,15H,11-12H2. The van der Waals surface area contributed by atoms with E-state index >= 15 is 0 Å². The average Bonchev–Trinajstić information content (AvgIpc) is 3.11. The van der Waals surface area contributed by atoms with Gasteiger partial charge >= 0.3 is 0 Å². The van der Waals surface area contributed by atoms with E-state index in [2.05, 4.69) is 10.1 Å². The molecule has 0 spiro atoms. The summed E-state index contributed by atoms with van der Waals surface area (Å²) in [6, 6.07) is 17.2. The smallest absolute Gasteiger partial charge is 0.267 e. The number of hydrogen-bond acceptors (Lipinski definition) is 4. The van der Waals surface area contributed by atoms with Crippen LogP contribution in [0.2, 0.25) is 0 Å². The molecule has 0 bridgehead atoms. The lowest BCUT2D eigenvalue weighted by Gasteiger charge is -2.20. The van der Waals surface area contributed by atoms with Gasteiger partial charge in [0.15, 0.2) is 0 Å². The molecule has 0 N–H and O–H groups in total. The molecular formula is C20H15N3O2S. The fourth-order valence-corrected chi connectivity index (χ4v) is 5.02. The van der Waals surface area contributed by atoms with Crippen molar-refractivity contribution in [3.63, 3.8) is 0 Å². The van der Waals surface area contributed by atoms with E-state index in [0.717, 1.165) is 27.1 Å². The summed E-state index contributed by atoms with van der Waals surface area (Å²) < 4.78 is 12.5. The van der Waals surface area contributed by atoms with Crippen LogP contribution in [-0.2, 0) is 10.8 Å². The van der Waals surface area contributed by atoms with Crippen LogP contribution >= 0.6 is 0 Å². The van der Waals surface area contributed by atoms with Crippen molar-refractivity contribution in [2.24, 2.45) is 11.0 Å². The summed E-state index contributed by atoms with van der Waals surface area (Å²) in [6.07, 6.45) is 1.60. The fraction of sp³-hybridized carbons (Fsp3) is 0.150. The SMILES string of the molecule is O=C(c1cnc2ccccc2c1)N1CC2CS(=O)c3ccccc3C2=N1. The first-order chi connectivity index (χ1) is 12.7. The highest BCUT2D eigenvalue weighted by molar-refractivity contribution is 7.85. The molecule has 2 aliphatic heterocycles. The number of pyridine rings is 1. The molecule has 5 nitrogen and oxygen atoms in total. The molecule has 3 aromatic rings. The zero-order valence-electron chi connectivity index (χ0n) is 13.8. The molecule has 5 rings (SSSR count). The van der Waals surface area contributed by atoms with E-state index in [1.807, 2.05) is 54.6 Å². The molecule has 1 aromatic heterocycles. The Morgan fingerprint density at radius 2 is 1.92 bits per heavy atom. The molecule has 1 amide bonds. The molecule has 2 atom stereocenters. The number of fused-ring (bicyclic) bond motifs is 4. The fourth-order valence-electron chi connectivity index (χ4n) is 3.57. The van der Waals surface area contributed by atoms with E-state index in [1.165, 1.54) is 5.01 Å². The summed E-state index contributed by atoms with van der Waals surface area (Å²) in [4.78, 5) is 18.1. The maximum atomic E-state index is 12.9. The molecule has 0 saturated heterocycles. The van der Waals surface area contributed by atoms with E-state index in [-0.39, 0.29) is 11.8 Å². The number of hydrazone groups is 1. The summed E-state index contributed by atoms with van der Waals surface area (Å²) in [7, 11) is -1.05. The van der Waals surface area contributed by atoms with Crippen LogP contribution in [0.5, 0.6) is 0 Å². The number of rotatable bonds is 1. The van der Waals surface area contributed by atoms with Gasteiger partial charge in [0.2, 0.25) is 0 Å². The second-order valence-electron chi connectivity index (χ2n) is 6.49. The lowest BCUT2D eigenvalue weighted by Crippen LogP contribution is -2.31. The van der Waals surface area contributed by atoms with Gasteiger partial charge in [0, 0.05) is 33.7 Å². The van der Waals surface area contributed by atoms with Crippen molar-refractivity contribution in [2.45, 2.75) is 4.90 Å². The Labute approximate surface area is 152 Å². The van der Waals surface area contributed by atoms with E-state index in [4.69, 9.17) is 0 Å². The molecule has 6 heteroatoms. The van der Waals surface area contributed by atoms with E-state index in [0.29, 0.717) is 17.9 Å². The van der Waals surface area contributed by atoms with Gasteiger partial charge in [0.25, 0.3) is 5.91 Å². The highest BCUT2D eigenvalue weighted by Crippen LogP contribution is 2.31. The second kappa shape index (κ2) is 5.85. The lowest BCUT2D eigenvalue weighted by atomic mass is 9.98. The molecule has 2 unspecified atom stereocenters. The normalized spacial score (nSPS) is 21.2. The Kier molecular flexibility index (Phi) is 3.46. The zero-order valence-corrected chi connectivity index (χ0v) is 14.6. The minimum absolute atomic E-state index is 0.0168. The molecule has 0 fully saturated rings. The summed E-state index contributed by atoms with van der Waals surface area (Å²) >= 11 is 0. The number of amides is 1. The first-order valence-electron chi connectivity index (χ1n) is 8.43. The number of carbonyl (C=O) groups is 1. The van der Waals surface area contributed by atoms with Crippen molar-refractivity contribution >= 4 is 33.3 Å². The highest BCUT2D eigenvalue weighted by atomic mass is 32.2. The van der Waals surface area contributed by atoms with Gasteiger partial charge in [-0.3, -0.25) is 14.0 Å². The van der Waals surface area contributed by atoms with Crippen molar-refractivity contribution in [3.05, 3.63) is 71.9 Å². The van der Waals surface area contributed by atoms with Gasteiger partial charge in [-0.15, -0.1) is 0 Å². The van der Waals surface area contributed by atoms with Crippen LogP contribution in [-0.4, -0.2) is 38.1 Å². The first kappa shape index (κ1) is 15.4. The first-order valence-corrected chi connectivity index (χ1v) is 9.75. The van der Waals surface area contributed by atoms with Gasteiger partial charge in [0.05, 0.1) is 34.1 Å². The lowest BCUT2D eigenvalue weighted by molar-refractivity contribution is 0.0769. The Morgan fingerprint density at radius 3 is 2.85 bits per heavy atom. The maximum Gasteiger partial charge on any atom is 0.275 e. The second-order valence-corrected chi connectivity index (χ2v) is 7.96. The molecule has 2 aliphatic rings. The van der Waals surface area contributed by atoms with Crippen LogP contribution in [0.3, 0.4) is 0 Å². The van der Waals surface area contributed by atoms with Gasteiger partial charge in [-0.1, -0.05) is 36.4 Å². The Balaban J connectivity index is 1.51. The zero-order chi connectivity index (χ0) is 17.7. The minimum atomic E-state index is -1.05. The number of nitrogens with zero attached hydrogens (tertiary/aromatic N) is 3. The quantitative estimate of drug-likeness (QED) is 0.670. The average molecular weight is 361 g/mol. The van der Waals surface area contributed by atoms with E-state index in [9.17, 15) is 9.00 Å². The number of carbonyl (C=O) groups excluding carboxylic acids is 1. The molecular weight excluding hydrogens is 346 g/mol. The molecule has 2 aromatic carbocycles. The van der Waals surface area contributed by atoms with Crippen LogP contribution < -0.4 is 0 Å². The largest absolute Gasteiger partial charge is 0.275 e. The van der Waals surface area contributed by atoms with E-state index < -0.39 is 10.8 Å². The molecule has 0 radical (unpaired) electrons. The monoisotopic (exact) mass is 361 g/mol. The van der Waals surface area contributed by atoms with Crippen molar-refractivity contribution < 1.29 is 9.00 Å². The third-order valence-electron chi connectivity index (χ3n) is 4.84. The van der Waals surface area contributed by atoms with Crippen LogP contribution in [0.25, 0.3) is 10.9 Å². The van der Waals surface area contributed by atoms with Crippen molar-refractivity contribution in [2.75, 3.05) is 12.3 Å². The van der Waals surface area contributed by atoms with Gasteiger partial charge in [-0.2, -0.15) is 5.10 Å². The Hall–Kier alpha value is -2.86. The van der Waals surface area contributed by atoms with Crippen LogP contribution in [0.15, 0.2) is 70.8 Å². The summed E-state index contributed by atoms with van der Waals surface area (Å²) in [5.74, 6) is 0.354. The van der Waals surface area contributed by atoms with Gasteiger partial charge in [-0.05, 0) is 18.2 Å². The predicted molar refractivity (Wildman–Crippen MR) is 101 cm³/mol. The number of benzene rings is 2. The van der Waals surface area contributed by atoms with Crippen LogP contribution in [0, 0.1) is 5.92 Å². The third kappa shape index (κ3) is 2.37. The molecule has 3 heterocycles. The topological polar surface area (TPSA) is 62.6 Å². The summed E-state index contributed by atoms with van der Waals surface area (Å²) in [5.41, 5.74) is 3.13.